The van der Waals surface area contributed by atoms with E-state index in [-0.39, 0.29) is 24.4 Å². The van der Waals surface area contributed by atoms with Gasteiger partial charge in [-0.15, -0.1) is 0 Å². The van der Waals surface area contributed by atoms with Gasteiger partial charge in [0.15, 0.2) is 0 Å². The molecule has 2 fully saturated rings. The van der Waals surface area contributed by atoms with Gasteiger partial charge in [0, 0.05) is 31.5 Å². The lowest BCUT2D eigenvalue weighted by molar-refractivity contribution is -0.138. The number of carboxylic acid groups (broad SMARTS) is 1. The third kappa shape index (κ3) is 2.97. The molecule has 17 heavy (non-hydrogen) atoms. The van der Waals surface area contributed by atoms with E-state index in [2.05, 4.69) is 5.32 Å². The second-order valence-corrected chi connectivity index (χ2v) is 4.93. The SMILES string of the molecule is O=C(O)CCC1CCC(=O)N1C1CCCNC1. The summed E-state index contributed by atoms with van der Waals surface area (Å²) in [4.78, 5) is 24.4. The van der Waals surface area contributed by atoms with Gasteiger partial charge in [0.05, 0.1) is 0 Å². The Labute approximate surface area is 101 Å². The summed E-state index contributed by atoms with van der Waals surface area (Å²) in [6, 6.07) is 0.418. The van der Waals surface area contributed by atoms with Crippen LogP contribution in [0.15, 0.2) is 0 Å². The molecule has 2 aliphatic rings. The van der Waals surface area contributed by atoms with Crippen molar-refractivity contribution in [2.45, 2.75) is 50.6 Å². The summed E-state index contributed by atoms with van der Waals surface area (Å²) in [5.74, 6) is -0.569. The molecule has 5 nitrogen and oxygen atoms in total. The Morgan fingerprint density at radius 3 is 2.94 bits per heavy atom. The summed E-state index contributed by atoms with van der Waals surface area (Å²) in [6.07, 6.45) is 4.30. The number of hydrogen-bond donors (Lipinski definition) is 2. The molecule has 0 radical (unpaired) electrons. The number of piperidine rings is 1. The molecule has 0 bridgehead atoms. The molecular weight excluding hydrogens is 220 g/mol. The monoisotopic (exact) mass is 240 g/mol. The molecule has 0 saturated carbocycles. The molecule has 96 valence electrons. The quantitative estimate of drug-likeness (QED) is 0.754. The number of likely N-dealkylation sites (tertiary alicyclic amines) is 1. The minimum atomic E-state index is -0.772. The van der Waals surface area contributed by atoms with Crippen LogP contribution in [0.3, 0.4) is 0 Å². The highest BCUT2D eigenvalue weighted by atomic mass is 16.4. The molecule has 5 heteroatoms. The van der Waals surface area contributed by atoms with Crippen molar-refractivity contribution in [2.24, 2.45) is 0 Å². The van der Waals surface area contributed by atoms with Gasteiger partial charge in [0.2, 0.25) is 5.91 Å². The van der Waals surface area contributed by atoms with Gasteiger partial charge in [-0.25, -0.2) is 0 Å². The van der Waals surface area contributed by atoms with E-state index in [1.54, 1.807) is 0 Å². The van der Waals surface area contributed by atoms with Crippen LogP contribution in [0.1, 0.15) is 38.5 Å². The fourth-order valence-corrected chi connectivity index (χ4v) is 2.91. The van der Waals surface area contributed by atoms with Crippen molar-refractivity contribution in [2.75, 3.05) is 13.1 Å². The molecule has 2 aliphatic heterocycles. The highest BCUT2D eigenvalue weighted by Crippen LogP contribution is 2.27. The molecule has 1 amide bonds. The largest absolute Gasteiger partial charge is 0.481 e. The summed E-state index contributed by atoms with van der Waals surface area (Å²) in [7, 11) is 0. The summed E-state index contributed by atoms with van der Waals surface area (Å²) in [5, 5.41) is 12.0. The molecule has 0 aromatic carbocycles. The van der Waals surface area contributed by atoms with Crippen LogP contribution in [-0.4, -0.2) is 47.1 Å². The highest BCUT2D eigenvalue weighted by Gasteiger charge is 2.36. The molecule has 2 rings (SSSR count). The van der Waals surface area contributed by atoms with Crippen molar-refractivity contribution in [3.63, 3.8) is 0 Å². The van der Waals surface area contributed by atoms with Crippen molar-refractivity contribution in [1.29, 1.82) is 0 Å². The zero-order valence-corrected chi connectivity index (χ0v) is 10.0. The fourth-order valence-electron chi connectivity index (χ4n) is 2.91. The second-order valence-electron chi connectivity index (χ2n) is 4.93. The Hall–Kier alpha value is -1.10. The molecule has 0 aromatic rings. The Morgan fingerprint density at radius 1 is 1.47 bits per heavy atom. The molecule has 0 aromatic heterocycles. The van der Waals surface area contributed by atoms with E-state index < -0.39 is 5.97 Å². The van der Waals surface area contributed by atoms with Crippen molar-refractivity contribution < 1.29 is 14.7 Å². The summed E-state index contributed by atoms with van der Waals surface area (Å²) in [5.41, 5.74) is 0. The first-order valence-corrected chi connectivity index (χ1v) is 6.42. The number of carboxylic acids is 1. The molecule has 2 atom stereocenters. The van der Waals surface area contributed by atoms with Crippen LogP contribution >= 0.6 is 0 Å². The van der Waals surface area contributed by atoms with Gasteiger partial charge < -0.3 is 15.3 Å². The van der Waals surface area contributed by atoms with Gasteiger partial charge in [-0.3, -0.25) is 9.59 Å². The fraction of sp³-hybridized carbons (Fsp3) is 0.833. The van der Waals surface area contributed by atoms with Gasteiger partial charge in [-0.2, -0.15) is 0 Å². The van der Waals surface area contributed by atoms with Gasteiger partial charge in [-0.05, 0) is 32.2 Å². The summed E-state index contributed by atoms with van der Waals surface area (Å²) in [6.45, 7) is 1.88. The number of carbonyl (C=O) groups is 2. The summed E-state index contributed by atoms with van der Waals surface area (Å²) < 4.78 is 0. The number of amides is 1. The van der Waals surface area contributed by atoms with Crippen molar-refractivity contribution in [1.82, 2.24) is 10.2 Å². The topological polar surface area (TPSA) is 69.6 Å². The third-order valence-electron chi connectivity index (χ3n) is 3.73. The Morgan fingerprint density at radius 2 is 2.29 bits per heavy atom. The number of carbonyl (C=O) groups excluding carboxylic acids is 1. The van der Waals surface area contributed by atoms with Crippen molar-refractivity contribution in [3.05, 3.63) is 0 Å². The maximum atomic E-state index is 11.9. The smallest absolute Gasteiger partial charge is 0.303 e. The highest BCUT2D eigenvalue weighted by molar-refractivity contribution is 5.79. The van der Waals surface area contributed by atoms with Gasteiger partial charge in [-0.1, -0.05) is 0 Å². The van der Waals surface area contributed by atoms with E-state index >= 15 is 0 Å². The van der Waals surface area contributed by atoms with E-state index in [1.807, 2.05) is 4.90 Å². The van der Waals surface area contributed by atoms with Crippen LogP contribution in [0.2, 0.25) is 0 Å². The predicted octanol–water partition coefficient (Wildman–Crippen LogP) is 0.594. The molecule has 2 N–H and O–H groups in total. The number of hydrogen-bond acceptors (Lipinski definition) is 3. The van der Waals surface area contributed by atoms with Gasteiger partial charge in [0.1, 0.15) is 0 Å². The van der Waals surface area contributed by atoms with Gasteiger partial charge in [0.25, 0.3) is 0 Å². The minimum Gasteiger partial charge on any atom is -0.481 e. The lowest BCUT2D eigenvalue weighted by Crippen LogP contribution is -2.49. The number of aliphatic carboxylic acids is 1. The van der Waals surface area contributed by atoms with Crippen LogP contribution in [0.5, 0.6) is 0 Å². The molecular formula is C12H20N2O3. The first-order chi connectivity index (χ1) is 8.18. The number of nitrogens with one attached hydrogen (secondary N) is 1. The molecule has 2 unspecified atom stereocenters. The lowest BCUT2D eigenvalue weighted by atomic mass is 10.0. The number of nitrogens with zero attached hydrogens (tertiary/aromatic N) is 1. The van der Waals surface area contributed by atoms with Gasteiger partial charge >= 0.3 is 5.97 Å². The van der Waals surface area contributed by atoms with Crippen LogP contribution in [0.25, 0.3) is 0 Å². The first-order valence-electron chi connectivity index (χ1n) is 6.42. The molecule has 2 saturated heterocycles. The lowest BCUT2D eigenvalue weighted by Gasteiger charge is -2.36. The Kier molecular flexibility index (Phi) is 3.99. The van der Waals surface area contributed by atoms with Crippen LogP contribution < -0.4 is 5.32 Å². The van der Waals surface area contributed by atoms with E-state index in [1.165, 1.54) is 0 Å². The minimum absolute atomic E-state index is 0.142. The normalized spacial score (nSPS) is 29.6. The van der Waals surface area contributed by atoms with Crippen molar-refractivity contribution in [3.8, 4) is 0 Å². The standard InChI is InChI=1S/C12H20N2O3/c15-11-5-3-9(4-6-12(16)17)14(11)10-2-1-7-13-8-10/h9-10,13H,1-8H2,(H,16,17). The maximum Gasteiger partial charge on any atom is 0.303 e. The average Bonchev–Trinajstić information content (AvgIpc) is 2.69. The third-order valence-corrected chi connectivity index (χ3v) is 3.73. The second kappa shape index (κ2) is 5.49. The van der Waals surface area contributed by atoms with E-state index in [4.69, 9.17) is 5.11 Å². The Balaban J connectivity index is 1.95. The molecule has 2 heterocycles. The van der Waals surface area contributed by atoms with Crippen LogP contribution in [-0.2, 0) is 9.59 Å². The van der Waals surface area contributed by atoms with E-state index in [9.17, 15) is 9.59 Å². The van der Waals surface area contributed by atoms with E-state index in [0.717, 1.165) is 32.4 Å². The molecule has 0 aliphatic carbocycles. The predicted molar refractivity (Wildman–Crippen MR) is 62.6 cm³/mol. The summed E-state index contributed by atoms with van der Waals surface area (Å²) >= 11 is 0. The van der Waals surface area contributed by atoms with Crippen LogP contribution in [0.4, 0.5) is 0 Å². The maximum absolute atomic E-state index is 11.9. The van der Waals surface area contributed by atoms with Crippen LogP contribution in [0, 0.1) is 0 Å². The van der Waals surface area contributed by atoms with Crippen molar-refractivity contribution >= 4 is 11.9 Å². The Bertz CT molecular complexity index is 300. The average molecular weight is 240 g/mol. The zero-order valence-electron chi connectivity index (χ0n) is 10.0. The zero-order chi connectivity index (χ0) is 12.3. The first kappa shape index (κ1) is 12.4. The van der Waals surface area contributed by atoms with E-state index in [0.29, 0.717) is 12.8 Å². The number of rotatable bonds is 4. The molecule has 0 spiro atoms.